The standard InChI is InChI=1S/C27H30N6O/c1-4-20-9-8-10-22(17-20)28-27(34)21-13-15-32(16-14-21)26-25-24(18(2)29-30-26)19(3)33(31-25)23-11-6-5-7-12-23/h5-12,17,21H,4,13-16H2,1-3H3,(H,28,34). The van der Waals surface area contributed by atoms with Gasteiger partial charge in [0.2, 0.25) is 5.91 Å². The summed E-state index contributed by atoms with van der Waals surface area (Å²) in [4.78, 5) is 15.1. The van der Waals surface area contributed by atoms with E-state index >= 15 is 0 Å². The van der Waals surface area contributed by atoms with Crippen LogP contribution in [0.1, 0.15) is 36.7 Å². The van der Waals surface area contributed by atoms with Crippen molar-refractivity contribution in [3.8, 4) is 5.69 Å². The second-order valence-corrected chi connectivity index (χ2v) is 8.97. The first-order chi connectivity index (χ1) is 16.5. The molecule has 3 heterocycles. The smallest absolute Gasteiger partial charge is 0.227 e. The number of hydrogen-bond donors (Lipinski definition) is 1. The number of hydrogen-bond acceptors (Lipinski definition) is 5. The van der Waals surface area contributed by atoms with Crippen LogP contribution in [0, 0.1) is 19.8 Å². The molecule has 1 aliphatic rings. The van der Waals surface area contributed by atoms with E-state index in [1.54, 1.807) is 0 Å². The lowest BCUT2D eigenvalue weighted by Crippen LogP contribution is -2.38. The number of fused-ring (bicyclic) bond motifs is 1. The van der Waals surface area contributed by atoms with Crippen LogP contribution in [0.25, 0.3) is 16.6 Å². The van der Waals surface area contributed by atoms with Crippen molar-refractivity contribution in [1.29, 1.82) is 0 Å². The fourth-order valence-electron chi connectivity index (χ4n) is 4.81. The molecule has 1 saturated heterocycles. The molecule has 174 valence electrons. The average molecular weight is 455 g/mol. The van der Waals surface area contributed by atoms with E-state index < -0.39 is 0 Å². The van der Waals surface area contributed by atoms with Crippen LogP contribution in [0.2, 0.25) is 0 Å². The number of amides is 1. The zero-order valence-corrected chi connectivity index (χ0v) is 20.0. The van der Waals surface area contributed by atoms with Crippen molar-refractivity contribution in [2.45, 2.75) is 40.0 Å². The van der Waals surface area contributed by atoms with Gasteiger partial charge >= 0.3 is 0 Å². The Morgan fingerprint density at radius 3 is 2.53 bits per heavy atom. The number of rotatable bonds is 5. The molecule has 34 heavy (non-hydrogen) atoms. The summed E-state index contributed by atoms with van der Waals surface area (Å²) >= 11 is 0. The molecule has 0 bridgehead atoms. The lowest BCUT2D eigenvalue weighted by molar-refractivity contribution is -0.120. The molecule has 0 radical (unpaired) electrons. The van der Waals surface area contributed by atoms with E-state index in [4.69, 9.17) is 5.10 Å². The van der Waals surface area contributed by atoms with E-state index in [0.29, 0.717) is 0 Å². The highest BCUT2D eigenvalue weighted by molar-refractivity contribution is 5.94. The van der Waals surface area contributed by atoms with Gasteiger partial charge in [0.05, 0.1) is 22.5 Å². The number of aromatic nitrogens is 4. The van der Waals surface area contributed by atoms with Crippen LogP contribution >= 0.6 is 0 Å². The molecule has 1 fully saturated rings. The van der Waals surface area contributed by atoms with Crippen molar-refractivity contribution in [2.24, 2.45) is 5.92 Å². The maximum atomic E-state index is 12.9. The fourth-order valence-corrected chi connectivity index (χ4v) is 4.81. The van der Waals surface area contributed by atoms with Crippen LogP contribution in [-0.4, -0.2) is 39.0 Å². The minimum atomic E-state index is -0.0148. The van der Waals surface area contributed by atoms with Gasteiger partial charge in [0.15, 0.2) is 5.82 Å². The van der Waals surface area contributed by atoms with Crippen LogP contribution in [0.5, 0.6) is 0 Å². The number of benzene rings is 2. The lowest BCUT2D eigenvalue weighted by atomic mass is 9.95. The van der Waals surface area contributed by atoms with Gasteiger partial charge < -0.3 is 10.2 Å². The van der Waals surface area contributed by atoms with Crippen LogP contribution in [-0.2, 0) is 11.2 Å². The van der Waals surface area contributed by atoms with Gasteiger partial charge in [0.25, 0.3) is 0 Å². The Morgan fingerprint density at radius 1 is 1.03 bits per heavy atom. The Bertz CT molecular complexity index is 1320. The number of piperidine rings is 1. The third kappa shape index (κ3) is 4.14. The number of nitrogens with one attached hydrogen (secondary N) is 1. The monoisotopic (exact) mass is 454 g/mol. The zero-order valence-electron chi connectivity index (χ0n) is 20.0. The lowest BCUT2D eigenvalue weighted by Gasteiger charge is -2.32. The molecular weight excluding hydrogens is 424 g/mol. The van der Waals surface area contributed by atoms with Crippen LogP contribution < -0.4 is 10.2 Å². The van der Waals surface area contributed by atoms with Gasteiger partial charge in [-0.15, -0.1) is 5.10 Å². The number of carbonyl (C=O) groups is 1. The first-order valence-corrected chi connectivity index (χ1v) is 12.0. The molecule has 5 rings (SSSR count). The molecule has 0 aliphatic carbocycles. The van der Waals surface area contributed by atoms with Gasteiger partial charge in [-0.25, -0.2) is 4.68 Å². The summed E-state index contributed by atoms with van der Waals surface area (Å²) in [6.07, 6.45) is 2.50. The predicted molar refractivity (Wildman–Crippen MR) is 136 cm³/mol. The summed E-state index contributed by atoms with van der Waals surface area (Å²) in [7, 11) is 0. The summed E-state index contributed by atoms with van der Waals surface area (Å²) < 4.78 is 1.97. The van der Waals surface area contributed by atoms with Crippen molar-refractivity contribution in [1.82, 2.24) is 20.0 Å². The molecule has 0 spiro atoms. The highest BCUT2D eigenvalue weighted by atomic mass is 16.1. The molecule has 0 unspecified atom stereocenters. The second-order valence-electron chi connectivity index (χ2n) is 8.97. The molecule has 1 aliphatic heterocycles. The molecule has 4 aromatic rings. The predicted octanol–water partition coefficient (Wildman–Crippen LogP) is 4.85. The number of carbonyl (C=O) groups excluding carboxylic acids is 1. The molecule has 0 atom stereocenters. The van der Waals surface area contributed by atoms with Gasteiger partial charge in [-0.3, -0.25) is 4.79 Å². The quantitative estimate of drug-likeness (QED) is 0.467. The summed E-state index contributed by atoms with van der Waals surface area (Å²) in [5, 5.41) is 18.1. The van der Waals surface area contributed by atoms with Gasteiger partial charge in [-0.1, -0.05) is 37.3 Å². The maximum absolute atomic E-state index is 12.9. The number of nitrogens with zero attached hydrogens (tertiary/aromatic N) is 5. The molecule has 1 N–H and O–H groups in total. The molecule has 1 amide bonds. The fraction of sp³-hybridized carbons (Fsp3) is 0.333. The van der Waals surface area contributed by atoms with E-state index in [1.807, 2.05) is 41.9 Å². The summed E-state index contributed by atoms with van der Waals surface area (Å²) in [6, 6.07) is 18.2. The van der Waals surface area contributed by atoms with E-state index in [9.17, 15) is 4.79 Å². The third-order valence-corrected chi connectivity index (χ3v) is 6.75. The Balaban J connectivity index is 1.35. The third-order valence-electron chi connectivity index (χ3n) is 6.75. The van der Waals surface area contributed by atoms with Gasteiger partial charge in [-0.2, -0.15) is 10.2 Å². The minimum absolute atomic E-state index is 0.0148. The van der Waals surface area contributed by atoms with Crippen molar-refractivity contribution < 1.29 is 4.79 Å². The minimum Gasteiger partial charge on any atom is -0.353 e. The molecule has 7 heteroatoms. The highest BCUT2D eigenvalue weighted by Gasteiger charge is 2.28. The molecule has 2 aromatic carbocycles. The first-order valence-electron chi connectivity index (χ1n) is 12.0. The maximum Gasteiger partial charge on any atom is 0.227 e. The number of para-hydroxylation sites is 1. The van der Waals surface area contributed by atoms with Crippen molar-refractivity contribution in [3.05, 3.63) is 71.5 Å². The molecule has 0 saturated carbocycles. The Labute approximate surface area is 199 Å². The number of anilines is 2. The normalized spacial score (nSPS) is 14.5. The van der Waals surface area contributed by atoms with Crippen molar-refractivity contribution >= 4 is 28.3 Å². The Morgan fingerprint density at radius 2 is 1.79 bits per heavy atom. The molecular formula is C27H30N6O. The number of aryl methyl sites for hydroxylation is 3. The largest absolute Gasteiger partial charge is 0.353 e. The van der Waals surface area contributed by atoms with E-state index in [0.717, 1.165) is 71.8 Å². The van der Waals surface area contributed by atoms with Crippen molar-refractivity contribution in [2.75, 3.05) is 23.3 Å². The van der Waals surface area contributed by atoms with E-state index in [1.165, 1.54) is 5.56 Å². The Kier molecular flexibility index (Phi) is 6.01. The average Bonchev–Trinajstić information content (AvgIpc) is 3.23. The highest BCUT2D eigenvalue weighted by Crippen LogP contribution is 2.31. The van der Waals surface area contributed by atoms with Gasteiger partial charge in [0.1, 0.15) is 5.52 Å². The van der Waals surface area contributed by atoms with Crippen LogP contribution in [0.4, 0.5) is 11.5 Å². The first kappa shape index (κ1) is 22.1. The zero-order chi connectivity index (χ0) is 23.7. The summed E-state index contributed by atoms with van der Waals surface area (Å²) in [6.45, 7) is 7.67. The Hall–Kier alpha value is -3.74. The summed E-state index contributed by atoms with van der Waals surface area (Å²) in [5.41, 5.74) is 5.91. The van der Waals surface area contributed by atoms with E-state index in [2.05, 4.69) is 58.5 Å². The SMILES string of the molecule is CCc1cccc(NC(=O)C2CCN(c3nnc(C)c4c(C)n(-c5ccccc5)nc34)CC2)c1. The second kappa shape index (κ2) is 9.25. The molecule has 2 aromatic heterocycles. The topological polar surface area (TPSA) is 75.9 Å². The van der Waals surface area contributed by atoms with Crippen LogP contribution in [0.15, 0.2) is 54.6 Å². The van der Waals surface area contributed by atoms with E-state index in [-0.39, 0.29) is 11.8 Å². The van der Waals surface area contributed by atoms with Gasteiger partial charge in [-0.05, 0) is 62.9 Å². The van der Waals surface area contributed by atoms with Crippen LogP contribution in [0.3, 0.4) is 0 Å². The van der Waals surface area contributed by atoms with Crippen molar-refractivity contribution in [3.63, 3.8) is 0 Å². The molecule has 7 nitrogen and oxygen atoms in total. The van der Waals surface area contributed by atoms with Gasteiger partial charge in [0, 0.05) is 24.7 Å². The summed E-state index contributed by atoms with van der Waals surface area (Å²) in [5.74, 6) is 0.879.